The number of hydrogen-bond donors (Lipinski definition) is 1. The SMILES string of the molecule is N#Cc1cccc(CC(NS(=O)(=O)c2ccc3ccccc3c2)C(=O)N2CCN(C(=O)C3CCCCC3)CC2)c1. The molecule has 1 saturated carbocycles. The molecule has 1 saturated heterocycles. The van der Waals surface area contributed by atoms with Crippen LogP contribution in [0.1, 0.15) is 43.2 Å². The smallest absolute Gasteiger partial charge is 0.241 e. The summed E-state index contributed by atoms with van der Waals surface area (Å²) in [6, 6.07) is 20.3. The second kappa shape index (κ2) is 12.2. The van der Waals surface area contributed by atoms with E-state index < -0.39 is 16.1 Å². The highest BCUT2D eigenvalue weighted by molar-refractivity contribution is 7.89. The van der Waals surface area contributed by atoms with E-state index in [4.69, 9.17) is 0 Å². The maximum Gasteiger partial charge on any atom is 0.241 e. The van der Waals surface area contributed by atoms with Gasteiger partial charge in [-0.25, -0.2) is 8.42 Å². The number of rotatable bonds is 7. The molecule has 0 spiro atoms. The van der Waals surface area contributed by atoms with Crippen LogP contribution in [0.4, 0.5) is 0 Å². The third-order valence-electron chi connectivity index (χ3n) is 7.98. The lowest BCUT2D eigenvalue weighted by molar-refractivity contribution is -0.143. The Morgan fingerprint density at radius 3 is 2.30 bits per heavy atom. The van der Waals surface area contributed by atoms with Crippen molar-refractivity contribution in [3.8, 4) is 6.07 Å². The van der Waals surface area contributed by atoms with Crippen molar-refractivity contribution in [1.82, 2.24) is 14.5 Å². The molecule has 5 rings (SSSR count). The van der Waals surface area contributed by atoms with Gasteiger partial charge in [-0.2, -0.15) is 9.98 Å². The molecule has 1 aliphatic carbocycles. The van der Waals surface area contributed by atoms with Crippen LogP contribution < -0.4 is 4.72 Å². The summed E-state index contributed by atoms with van der Waals surface area (Å²) in [7, 11) is -4.04. The summed E-state index contributed by atoms with van der Waals surface area (Å²) in [4.78, 5) is 30.4. The highest BCUT2D eigenvalue weighted by Gasteiger charge is 2.34. The molecular formula is C31H34N4O4S. The van der Waals surface area contributed by atoms with Gasteiger partial charge in [-0.05, 0) is 59.9 Å². The van der Waals surface area contributed by atoms with Gasteiger partial charge in [0.15, 0.2) is 0 Å². The zero-order chi connectivity index (χ0) is 28.1. The summed E-state index contributed by atoms with van der Waals surface area (Å²) in [5.74, 6) is -0.0879. The first kappa shape index (κ1) is 27.8. The van der Waals surface area contributed by atoms with Crippen LogP contribution in [0.25, 0.3) is 10.8 Å². The molecule has 1 N–H and O–H groups in total. The number of nitrogens with one attached hydrogen (secondary N) is 1. The van der Waals surface area contributed by atoms with Crippen LogP contribution in [0.3, 0.4) is 0 Å². The fourth-order valence-electron chi connectivity index (χ4n) is 5.75. The highest BCUT2D eigenvalue weighted by Crippen LogP contribution is 2.26. The lowest BCUT2D eigenvalue weighted by Gasteiger charge is -2.38. The van der Waals surface area contributed by atoms with Gasteiger partial charge in [0.05, 0.1) is 16.5 Å². The monoisotopic (exact) mass is 558 g/mol. The van der Waals surface area contributed by atoms with Crippen LogP contribution >= 0.6 is 0 Å². The minimum atomic E-state index is -4.04. The lowest BCUT2D eigenvalue weighted by atomic mass is 9.88. The van der Waals surface area contributed by atoms with Crippen LogP contribution in [0.15, 0.2) is 71.6 Å². The van der Waals surface area contributed by atoms with E-state index in [2.05, 4.69) is 10.8 Å². The van der Waals surface area contributed by atoms with Gasteiger partial charge in [0.25, 0.3) is 0 Å². The van der Waals surface area contributed by atoms with E-state index in [9.17, 15) is 23.3 Å². The van der Waals surface area contributed by atoms with E-state index in [0.29, 0.717) is 37.3 Å². The summed E-state index contributed by atoms with van der Waals surface area (Å²) in [5.41, 5.74) is 1.13. The lowest BCUT2D eigenvalue weighted by Crippen LogP contribution is -2.57. The van der Waals surface area contributed by atoms with Crippen LogP contribution in [0.2, 0.25) is 0 Å². The predicted molar refractivity (Wildman–Crippen MR) is 153 cm³/mol. The Balaban J connectivity index is 1.34. The van der Waals surface area contributed by atoms with Crippen molar-refractivity contribution in [2.75, 3.05) is 26.2 Å². The van der Waals surface area contributed by atoms with Gasteiger partial charge in [-0.15, -0.1) is 0 Å². The number of piperazine rings is 1. The van der Waals surface area contributed by atoms with Gasteiger partial charge in [0, 0.05) is 32.1 Å². The number of hydrogen-bond acceptors (Lipinski definition) is 5. The van der Waals surface area contributed by atoms with Gasteiger partial charge >= 0.3 is 0 Å². The topological polar surface area (TPSA) is 111 Å². The van der Waals surface area contributed by atoms with E-state index >= 15 is 0 Å². The molecule has 0 bridgehead atoms. The molecule has 208 valence electrons. The quantitative estimate of drug-likeness (QED) is 0.474. The van der Waals surface area contributed by atoms with Crippen molar-refractivity contribution in [2.45, 2.75) is 49.5 Å². The van der Waals surface area contributed by atoms with E-state index in [1.807, 2.05) is 29.2 Å². The molecule has 3 aromatic carbocycles. The van der Waals surface area contributed by atoms with Crippen molar-refractivity contribution in [3.63, 3.8) is 0 Å². The van der Waals surface area contributed by atoms with Crippen molar-refractivity contribution >= 4 is 32.6 Å². The van der Waals surface area contributed by atoms with E-state index in [-0.39, 0.29) is 29.0 Å². The molecule has 9 heteroatoms. The van der Waals surface area contributed by atoms with Gasteiger partial charge in [-0.1, -0.05) is 61.7 Å². The Morgan fingerprint density at radius 2 is 1.57 bits per heavy atom. The van der Waals surface area contributed by atoms with Gasteiger partial charge in [0.2, 0.25) is 21.8 Å². The number of benzene rings is 3. The molecule has 2 amide bonds. The minimum absolute atomic E-state index is 0.0740. The fraction of sp³-hybridized carbons (Fsp3) is 0.387. The molecule has 2 fully saturated rings. The molecule has 0 radical (unpaired) electrons. The van der Waals surface area contributed by atoms with Gasteiger partial charge in [0.1, 0.15) is 6.04 Å². The van der Waals surface area contributed by atoms with Crippen molar-refractivity contribution in [1.29, 1.82) is 5.26 Å². The van der Waals surface area contributed by atoms with Crippen LogP contribution in [0, 0.1) is 17.2 Å². The first-order chi connectivity index (χ1) is 19.3. The van der Waals surface area contributed by atoms with E-state index in [0.717, 1.165) is 36.5 Å². The zero-order valence-corrected chi connectivity index (χ0v) is 23.3. The molecule has 1 unspecified atom stereocenters. The average Bonchev–Trinajstić information content (AvgIpc) is 3.00. The third kappa shape index (κ3) is 6.35. The summed E-state index contributed by atoms with van der Waals surface area (Å²) in [6.07, 6.45) is 5.31. The molecule has 1 heterocycles. The summed E-state index contributed by atoms with van der Waals surface area (Å²) < 4.78 is 29.7. The molecule has 8 nitrogen and oxygen atoms in total. The molecule has 3 aromatic rings. The standard InChI is InChI=1S/C31H34N4O4S/c32-22-24-8-6-7-23(19-24)20-29(33-40(38,39)28-14-13-25-9-4-5-12-27(25)21-28)31(37)35-17-15-34(16-18-35)30(36)26-10-2-1-3-11-26/h4-9,12-14,19,21,26,29,33H,1-3,10-11,15-18,20H2. The van der Waals surface area contributed by atoms with E-state index in [1.165, 1.54) is 12.5 Å². The van der Waals surface area contributed by atoms with Crippen LogP contribution in [-0.2, 0) is 26.0 Å². The van der Waals surface area contributed by atoms with Crippen LogP contribution in [-0.4, -0.2) is 62.3 Å². The van der Waals surface area contributed by atoms with E-state index in [1.54, 1.807) is 41.3 Å². The number of nitriles is 1. The normalized spacial score (nSPS) is 17.4. The average molecular weight is 559 g/mol. The highest BCUT2D eigenvalue weighted by atomic mass is 32.2. The fourth-order valence-corrected chi connectivity index (χ4v) is 6.97. The number of fused-ring (bicyclic) bond motifs is 1. The molecule has 0 aromatic heterocycles. The second-order valence-corrected chi connectivity index (χ2v) is 12.4. The predicted octanol–water partition coefficient (Wildman–Crippen LogP) is 3.85. The number of sulfonamides is 1. The Labute approximate surface area is 235 Å². The maximum absolute atomic E-state index is 13.8. The first-order valence-corrected chi connectivity index (χ1v) is 15.4. The summed E-state index contributed by atoms with van der Waals surface area (Å²) >= 11 is 0. The molecular weight excluding hydrogens is 524 g/mol. The Kier molecular flexibility index (Phi) is 8.48. The number of nitrogens with zero attached hydrogens (tertiary/aromatic N) is 3. The largest absolute Gasteiger partial charge is 0.339 e. The summed E-state index contributed by atoms with van der Waals surface area (Å²) in [6.45, 7) is 1.58. The van der Waals surface area contributed by atoms with Crippen molar-refractivity contribution < 1.29 is 18.0 Å². The van der Waals surface area contributed by atoms with Gasteiger partial charge in [-0.3, -0.25) is 9.59 Å². The number of carbonyl (C=O) groups is 2. The Hall–Kier alpha value is -3.74. The number of carbonyl (C=O) groups excluding carboxylic acids is 2. The summed E-state index contributed by atoms with van der Waals surface area (Å²) in [5, 5.41) is 11.0. The maximum atomic E-state index is 13.8. The Bertz CT molecular complexity index is 1530. The molecule has 1 aliphatic heterocycles. The molecule has 40 heavy (non-hydrogen) atoms. The second-order valence-electron chi connectivity index (χ2n) is 10.7. The number of amides is 2. The Morgan fingerprint density at radius 1 is 0.875 bits per heavy atom. The first-order valence-electron chi connectivity index (χ1n) is 13.9. The van der Waals surface area contributed by atoms with Gasteiger partial charge < -0.3 is 9.80 Å². The third-order valence-corrected chi connectivity index (χ3v) is 9.45. The minimum Gasteiger partial charge on any atom is -0.339 e. The molecule has 1 atom stereocenters. The van der Waals surface area contributed by atoms with Crippen molar-refractivity contribution in [3.05, 3.63) is 77.9 Å². The zero-order valence-electron chi connectivity index (χ0n) is 22.5. The van der Waals surface area contributed by atoms with Crippen molar-refractivity contribution in [2.24, 2.45) is 5.92 Å². The molecule has 2 aliphatic rings. The van der Waals surface area contributed by atoms with Crippen LogP contribution in [0.5, 0.6) is 0 Å².